The normalized spacial score (nSPS) is 15.2. The molecule has 0 aromatic carbocycles. The highest BCUT2D eigenvalue weighted by Gasteiger charge is 2.99. The van der Waals surface area contributed by atoms with E-state index < -0.39 is 96.7 Å². The minimum absolute atomic E-state index is 0.0466. The van der Waals surface area contributed by atoms with E-state index in [1.807, 2.05) is 0 Å². The first-order valence-corrected chi connectivity index (χ1v) is 17.6. The topological polar surface area (TPSA) is 26.3 Å². The highest BCUT2D eigenvalue weighted by Crippen LogP contribution is 2.68. The van der Waals surface area contributed by atoms with E-state index in [0.29, 0.717) is 19.3 Å². The van der Waals surface area contributed by atoms with Crippen LogP contribution in [0.2, 0.25) is 0 Å². The molecule has 0 amide bonds. The van der Waals surface area contributed by atoms with Crippen molar-refractivity contribution in [2.24, 2.45) is 0 Å². The predicted octanol–water partition coefficient (Wildman–Crippen LogP) is 14.7. The van der Waals surface area contributed by atoms with E-state index in [4.69, 9.17) is 0 Å². The Bertz CT molecular complexity index is 1290. The summed E-state index contributed by atoms with van der Waals surface area (Å²) in [6.45, 7) is -0.0610. The Labute approximate surface area is 319 Å². The molecule has 0 aromatic heterocycles. The molecule has 27 heteroatoms. The zero-order valence-corrected chi connectivity index (χ0v) is 30.5. The second-order valence-corrected chi connectivity index (χ2v) is 13.6. The van der Waals surface area contributed by atoms with E-state index in [1.54, 1.807) is 0 Å². The minimum Gasteiger partial charge on any atom is -0.465 e. The average molecular weight is 931 g/mol. The van der Waals surface area contributed by atoms with Gasteiger partial charge < -0.3 is 4.74 Å². The Morgan fingerprint density at radius 3 is 0.847 bits per heavy atom. The molecule has 0 heterocycles. The molecule has 0 saturated carbocycles. The van der Waals surface area contributed by atoms with E-state index >= 15 is 0 Å². The Morgan fingerprint density at radius 2 is 0.576 bits per heavy atom. The van der Waals surface area contributed by atoms with Crippen molar-refractivity contribution in [1.82, 2.24) is 0 Å². The summed E-state index contributed by atoms with van der Waals surface area (Å²) in [6, 6.07) is 0. The van der Waals surface area contributed by atoms with Crippen LogP contribution in [-0.2, 0) is 9.53 Å². The van der Waals surface area contributed by atoms with Gasteiger partial charge in [-0.3, -0.25) is 4.79 Å². The van der Waals surface area contributed by atoms with Gasteiger partial charge >= 0.3 is 77.3 Å². The minimum atomic E-state index is -9.63. The fraction of sp³-hybridized carbons (Fsp3) is 0.969. The lowest BCUT2D eigenvalue weighted by Crippen LogP contribution is -2.78. The molecule has 0 radical (unpaired) electrons. The predicted molar refractivity (Wildman–Crippen MR) is 156 cm³/mol. The van der Waals surface area contributed by atoms with Crippen LogP contribution in [-0.4, -0.2) is 83.9 Å². The number of carbonyl (C=O) groups excluding carboxylic acids is 1. The van der Waals surface area contributed by atoms with Crippen molar-refractivity contribution in [3.8, 4) is 0 Å². The lowest BCUT2D eigenvalue weighted by Gasteiger charge is -2.45. The van der Waals surface area contributed by atoms with Gasteiger partial charge in [0, 0.05) is 6.42 Å². The lowest BCUT2D eigenvalue weighted by atomic mass is 9.84. The molecule has 0 saturated heterocycles. The fourth-order valence-electron chi connectivity index (χ4n) is 5.15. The smallest absolute Gasteiger partial charge is 0.460 e. The van der Waals surface area contributed by atoms with E-state index in [2.05, 4.69) is 11.7 Å². The van der Waals surface area contributed by atoms with Crippen molar-refractivity contribution in [3.63, 3.8) is 0 Å². The highest BCUT2D eigenvalue weighted by molar-refractivity contribution is 5.69. The van der Waals surface area contributed by atoms with Gasteiger partial charge in [0.05, 0.1) is 13.0 Å². The number of alkyl halides is 25. The molecular formula is C32H39F25O2. The van der Waals surface area contributed by atoms with Gasteiger partial charge in [0.15, 0.2) is 0 Å². The molecule has 0 bridgehead atoms. The van der Waals surface area contributed by atoms with Crippen LogP contribution in [0, 0.1) is 0 Å². The summed E-state index contributed by atoms with van der Waals surface area (Å²) in [5, 5.41) is 0. The molecule has 0 atom stereocenters. The van der Waals surface area contributed by atoms with Gasteiger partial charge in [-0.1, -0.05) is 96.8 Å². The molecular weight excluding hydrogens is 891 g/mol. The van der Waals surface area contributed by atoms with Gasteiger partial charge in [0.25, 0.3) is 0 Å². The SMILES string of the molecule is CCCCCCCCCCCCCCCCCC(=O)OCCC(F)(F)C(F)(F)C(F)(F)C(F)(F)C(F)(F)C(F)(F)C(F)(F)C(F)(F)C(F)(F)C(F)(F)C(F)(F)C(F)(F)F. The Morgan fingerprint density at radius 1 is 0.339 bits per heavy atom. The van der Waals surface area contributed by atoms with Crippen LogP contribution in [0.1, 0.15) is 116 Å². The van der Waals surface area contributed by atoms with Gasteiger partial charge in [-0.05, 0) is 6.42 Å². The van der Waals surface area contributed by atoms with Gasteiger partial charge in [-0.15, -0.1) is 0 Å². The highest BCUT2D eigenvalue weighted by atomic mass is 19.4. The summed E-state index contributed by atoms with van der Waals surface area (Å²) in [7, 11) is 0. The molecule has 0 aromatic rings. The third-order valence-corrected chi connectivity index (χ3v) is 9.03. The number of hydrogen-bond acceptors (Lipinski definition) is 2. The monoisotopic (exact) mass is 930 g/mol. The van der Waals surface area contributed by atoms with Crippen molar-refractivity contribution in [1.29, 1.82) is 0 Å². The summed E-state index contributed by atoms with van der Waals surface area (Å²) >= 11 is 0. The molecule has 354 valence electrons. The zero-order chi connectivity index (χ0) is 47.0. The van der Waals surface area contributed by atoms with Crippen molar-refractivity contribution in [3.05, 3.63) is 0 Å². The van der Waals surface area contributed by atoms with Crippen LogP contribution in [0.15, 0.2) is 0 Å². The van der Waals surface area contributed by atoms with Crippen LogP contribution >= 0.6 is 0 Å². The summed E-state index contributed by atoms with van der Waals surface area (Å²) < 4.78 is 344. The molecule has 0 fully saturated rings. The largest absolute Gasteiger partial charge is 0.465 e. The van der Waals surface area contributed by atoms with Crippen molar-refractivity contribution in [2.45, 2.75) is 187 Å². The summed E-state index contributed by atoms with van der Waals surface area (Å²) in [5.74, 6) is -100. The number of ether oxygens (including phenoxy) is 1. The maximum absolute atomic E-state index is 14.1. The third-order valence-electron chi connectivity index (χ3n) is 9.03. The second kappa shape index (κ2) is 19.8. The summed E-state index contributed by atoms with van der Waals surface area (Å²) in [5.41, 5.74) is 0. The summed E-state index contributed by atoms with van der Waals surface area (Å²) in [6.07, 6.45) is 1.20. The van der Waals surface area contributed by atoms with E-state index in [1.165, 1.54) is 19.3 Å². The molecule has 2 nitrogen and oxygen atoms in total. The fourth-order valence-corrected chi connectivity index (χ4v) is 5.15. The first-order chi connectivity index (χ1) is 26.2. The number of esters is 1. The molecule has 0 aliphatic rings. The molecule has 0 N–H and O–H groups in total. The second-order valence-electron chi connectivity index (χ2n) is 13.6. The van der Waals surface area contributed by atoms with Gasteiger partial charge in [0.1, 0.15) is 0 Å². The van der Waals surface area contributed by atoms with Gasteiger partial charge in [0.2, 0.25) is 0 Å². The van der Waals surface area contributed by atoms with Crippen LogP contribution in [0.4, 0.5) is 110 Å². The van der Waals surface area contributed by atoms with E-state index in [-0.39, 0.29) is 6.42 Å². The number of unbranched alkanes of at least 4 members (excludes halogenated alkanes) is 14. The van der Waals surface area contributed by atoms with Crippen LogP contribution in [0.5, 0.6) is 0 Å². The molecule has 0 rings (SSSR count). The van der Waals surface area contributed by atoms with Crippen LogP contribution < -0.4 is 0 Å². The number of halogens is 25. The van der Waals surface area contributed by atoms with E-state index in [9.17, 15) is 115 Å². The standard InChI is InChI=1S/C32H39F25O2/c1-2-3-4-5-6-7-8-9-10-11-12-13-14-15-16-17-20(58)59-19-18-21(33,34)22(35,36)23(37,38)24(39,40)25(41,42)26(43,44)27(45,46)28(47,48)29(49,50)30(51,52)31(53,54)32(55,56)57/h2-19H2,1H3. The molecule has 0 aliphatic heterocycles. The maximum Gasteiger partial charge on any atom is 0.460 e. The summed E-state index contributed by atoms with van der Waals surface area (Å²) in [4.78, 5) is 11.7. The third kappa shape index (κ3) is 11.0. The van der Waals surface area contributed by atoms with Gasteiger partial charge in [-0.2, -0.15) is 110 Å². The Kier molecular flexibility index (Phi) is 19.1. The Hall–Kier alpha value is -2.28. The maximum atomic E-state index is 14.1. The zero-order valence-electron chi connectivity index (χ0n) is 30.5. The molecule has 0 aliphatic carbocycles. The lowest BCUT2D eigenvalue weighted by molar-refractivity contribution is -0.482. The van der Waals surface area contributed by atoms with E-state index in [0.717, 1.165) is 51.4 Å². The number of rotatable bonds is 29. The molecule has 59 heavy (non-hydrogen) atoms. The number of hydrogen-bond donors (Lipinski definition) is 0. The van der Waals surface area contributed by atoms with Crippen LogP contribution in [0.3, 0.4) is 0 Å². The van der Waals surface area contributed by atoms with Crippen molar-refractivity contribution >= 4 is 5.97 Å². The Balaban J connectivity index is 5.66. The quantitative estimate of drug-likeness (QED) is 0.0424. The van der Waals surface area contributed by atoms with Gasteiger partial charge in [-0.25, -0.2) is 0 Å². The molecule has 0 spiro atoms. The first-order valence-electron chi connectivity index (χ1n) is 17.6. The molecule has 0 unspecified atom stereocenters. The van der Waals surface area contributed by atoms with Crippen molar-refractivity contribution < 1.29 is 119 Å². The number of carbonyl (C=O) groups is 1. The van der Waals surface area contributed by atoms with Crippen LogP contribution in [0.25, 0.3) is 0 Å². The average Bonchev–Trinajstić information content (AvgIpc) is 3.08. The van der Waals surface area contributed by atoms with Crippen molar-refractivity contribution in [2.75, 3.05) is 6.61 Å². The first kappa shape index (κ1) is 56.7.